The Kier molecular flexibility index (Phi) is 2.14. The molecule has 14 heavy (non-hydrogen) atoms. The second-order valence-corrected chi connectivity index (χ2v) is 3.19. The molecule has 3 nitrogen and oxygen atoms in total. The topological polar surface area (TPSA) is 62.8 Å². The van der Waals surface area contributed by atoms with Crippen LogP contribution in [0.5, 0.6) is 0 Å². The molecule has 0 saturated heterocycles. The summed E-state index contributed by atoms with van der Waals surface area (Å²) in [6, 6.07) is 9.77. The minimum atomic E-state index is 0.182. The highest BCUT2D eigenvalue weighted by Crippen LogP contribution is 2.16. The van der Waals surface area contributed by atoms with Crippen molar-refractivity contribution in [2.45, 2.75) is 6.42 Å². The molecule has 0 bridgehead atoms. The molecule has 0 atom stereocenters. The van der Waals surface area contributed by atoms with Crippen LogP contribution in [-0.4, -0.2) is 10.8 Å². The van der Waals surface area contributed by atoms with Crippen molar-refractivity contribution in [3.05, 3.63) is 42.1 Å². The third-order valence-corrected chi connectivity index (χ3v) is 2.12. The van der Waals surface area contributed by atoms with Crippen LogP contribution in [0.3, 0.4) is 0 Å². The third kappa shape index (κ3) is 1.57. The van der Waals surface area contributed by atoms with Gasteiger partial charge in [0.1, 0.15) is 0 Å². The van der Waals surface area contributed by atoms with E-state index in [2.05, 4.69) is 4.98 Å². The number of hydrogen-bond donors (Lipinski definition) is 2. The van der Waals surface area contributed by atoms with E-state index in [9.17, 15) is 0 Å². The Labute approximate surface area is 82.1 Å². The Morgan fingerprint density at radius 3 is 2.93 bits per heavy atom. The lowest BCUT2D eigenvalue weighted by Crippen LogP contribution is -2.12. The first-order valence-corrected chi connectivity index (χ1v) is 4.43. The number of fused-ring (bicyclic) bond motifs is 1. The molecule has 1 aromatic heterocycles. The smallest absolute Gasteiger partial charge is 0.0950 e. The van der Waals surface area contributed by atoms with Gasteiger partial charge in [0, 0.05) is 18.0 Å². The quantitative estimate of drug-likeness (QED) is 0.552. The molecule has 1 heterocycles. The molecule has 70 valence electrons. The number of nitrogens with one attached hydrogen (secondary N) is 1. The van der Waals surface area contributed by atoms with Gasteiger partial charge in [-0.1, -0.05) is 18.2 Å². The van der Waals surface area contributed by atoms with Crippen LogP contribution in [0.15, 0.2) is 36.5 Å². The molecule has 0 radical (unpaired) electrons. The highest BCUT2D eigenvalue weighted by atomic mass is 14.7. The van der Waals surface area contributed by atoms with Gasteiger partial charge < -0.3 is 5.73 Å². The van der Waals surface area contributed by atoms with E-state index in [0.717, 1.165) is 16.5 Å². The van der Waals surface area contributed by atoms with E-state index in [1.54, 1.807) is 6.20 Å². The van der Waals surface area contributed by atoms with Crippen molar-refractivity contribution in [2.75, 3.05) is 0 Å². The summed E-state index contributed by atoms with van der Waals surface area (Å²) in [5, 5.41) is 8.34. The number of pyridine rings is 1. The van der Waals surface area contributed by atoms with Crippen molar-refractivity contribution in [2.24, 2.45) is 5.73 Å². The number of aromatic nitrogens is 1. The van der Waals surface area contributed by atoms with Crippen molar-refractivity contribution < 1.29 is 0 Å². The molecule has 0 aliphatic rings. The fourth-order valence-electron chi connectivity index (χ4n) is 1.53. The average Bonchev–Trinajstić information content (AvgIpc) is 2.18. The van der Waals surface area contributed by atoms with Crippen LogP contribution >= 0.6 is 0 Å². The predicted molar refractivity (Wildman–Crippen MR) is 57.4 cm³/mol. The molecule has 0 aliphatic heterocycles. The molecule has 2 aromatic rings. The molecule has 0 unspecified atom stereocenters. The summed E-state index contributed by atoms with van der Waals surface area (Å²) in [6.45, 7) is 0. The third-order valence-electron chi connectivity index (χ3n) is 2.12. The van der Waals surface area contributed by atoms with Gasteiger partial charge >= 0.3 is 0 Å². The highest BCUT2D eigenvalue weighted by molar-refractivity contribution is 5.88. The normalized spacial score (nSPS) is 10.3. The van der Waals surface area contributed by atoms with E-state index >= 15 is 0 Å². The molecular weight excluding hydrogens is 174 g/mol. The van der Waals surface area contributed by atoms with Crippen molar-refractivity contribution in [1.82, 2.24) is 4.98 Å². The molecule has 0 aliphatic carbocycles. The Morgan fingerprint density at radius 2 is 2.14 bits per heavy atom. The van der Waals surface area contributed by atoms with Crippen LogP contribution in [0, 0.1) is 5.41 Å². The summed E-state index contributed by atoms with van der Waals surface area (Å²) >= 11 is 0. The van der Waals surface area contributed by atoms with E-state index < -0.39 is 0 Å². The SMILES string of the molecule is N=C(N)Cc1cccc2ncccc12. The minimum absolute atomic E-state index is 0.182. The summed E-state index contributed by atoms with van der Waals surface area (Å²) in [7, 11) is 0. The molecule has 0 amide bonds. The van der Waals surface area contributed by atoms with Crippen molar-refractivity contribution in [3.63, 3.8) is 0 Å². The average molecular weight is 185 g/mol. The van der Waals surface area contributed by atoms with Gasteiger partial charge in [0.2, 0.25) is 0 Å². The molecule has 1 aromatic carbocycles. The van der Waals surface area contributed by atoms with Crippen molar-refractivity contribution in [3.8, 4) is 0 Å². The van der Waals surface area contributed by atoms with Gasteiger partial charge in [-0.2, -0.15) is 0 Å². The number of nitrogens with zero attached hydrogens (tertiary/aromatic N) is 1. The lowest BCUT2D eigenvalue weighted by Gasteiger charge is -2.03. The van der Waals surface area contributed by atoms with Crippen LogP contribution in [0.2, 0.25) is 0 Å². The van der Waals surface area contributed by atoms with Gasteiger partial charge in [-0.15, -0.1) is 0 Å². The number of rotatable bonds is 2. The van der Waals surface area contributed by atoms with Crippen LogP contribution < -0.4 is 5.73 Å². The minimum Gasteiger partial charge on any atom is -0.387 e. The maximum atomic E-state index is 7.26. The van der Waals surface area contributed by atoms with E-state index in [0.29, 0.717) is 6.42 Å². The monoisotopic (exact) mass is 185 g/mol. The van der Waals surface area contributed by atoms with Crippen molar-refractivity contribution >= 4 is 16.7 Å². The van der Waals surface area contributed by atoms with Gasteiger partial charge in [0.05, 0.1) is 11.4 Å². The van der Waals surface area contributed by atoms with E-state index in [1.807, 2.05) is 30.3 Å². The van der Waals surface area contributed by atoms with Gasteiger partial charge in [-0.05, 0) is 17.7 Å². The van der Waals surface area contributed by atoms with Gasteiger partial charge in [-0.25, -0.2) is 0 Å². The molecule has 3 N–H and O–H groups in total. The number of amidine groups is 1. The molecule has 3 heteroatoms. The number of benzene rings is 1. The van der Waals surface area contributed by atoms with Crippen molar-refractivity contribution in [1.29, 1.82) is 5.41 Å². The van der Waals surface area contributed by atoms with Gasteiger partial charge in [0.25, 0.3) is 0 Å². The first kappa shape index (κ1) is 8.69. The number of nitrogens with two attached hydrogens (primary N) is 1. The second-order valence-electron chi connectivity index (χ2n) is 3.19. The standard InChI is InChI=1S/C11H11N3/c12-11(13)7-8-3-1-5-10-9(8)4-2-6-14-10/h1-6H,7H2,(H3,12,13). The van der Waals surface area contributed by atoms with Gasteiger partial charge in [0.15, 0.2) is 0 Å². The molecule has 2 rings (SSSR count). The Bertz CT molecular complexity index is 471. The van der Waals surface area contributed by atoms with Crippen LogP contribution in [0.4, 0.5) is 0 Å². The van der Waals surface area contributed by atoms with Gasteiger partial charge in [-0.3, -0.25) is 10.4 Å². The summed E-state index contributed by atoms with van der Waals surface area (Å²) in [4.78, 5) is 4.24. The summed E-state index contributed by atoms with van der Waals surface area (Å²) in [5.74, 6) is 0.182. The zero-order valence-corrected chi connectivity index (χ0v) is 7.70. The fraction of sp³-hybridized carbons (Fsp3) is 0.0909. The Hall–Kier alpha value is -1.90. The molecule has 0 fully saturated rings. The van der Waals surface area contributed by atoms with E-state index in [-0.39, 0.29) is 5.84 Å². The van der Waals surface area contributed by atoms with Crippen LogP contribution in [0.1, 0.15) is 5.56 Å². The maximum Gasteiger partial charge on any atom is 0.0950 e. The summed E-state index contributed by atoms with van der Waals surface area (Å²) in [5.41, 5.74) is 7.39. The fourth-order valence-corrected chi connectivity index (χ4v) is 1.53. The summed E-state index contributed by atoms with van der Waals surface area (Å²) < 4.78 is 0. The summed E-state index contributed by atoms with van der Waals surface area (Å²) in [6.07, 6.45) is 2.25. The largest absolute Gasteiger partial charge is 0.387 e. The lowest BCUT2D eigenvalue weighted by atomic mass is 10.1. The predicted octanol–water partition coefficient (Wildman–Crippen LogP) is 1.71. The van der Waals surface area contributed by atoms with E-state index in [1.165, 1.54) is 0 Å². The highest BCUT2D eigenvalue weighted by Gasteiger charge is 2.01. The molecule has 0 saturated carbocycles. The zero-order chi connectivity index (χ0) is 9.97. The molecular formula is C11H11N3. The Balaban J connectivity index is 2.59. The van der Waals surface area contributed by atoms with Crippen LogP contribution in [0.25, 0.3) is 10.9 Å². The first-order chi connectivity index (χ1) is 6.77. The Morgan fingerprint density at radius 1 is 1.29 bits per heavy atom. The maximum absolute atomic E-state index is 7.26. The lowest BCUT2D eigenvalue weighted by molar-refractivity contribution is 1.26. The van der Waals surface area contributed by atoms with Crippen LogP contribution in [-0.2, 0) is 6.42 Å². The zero-order valence-electron chi connectivity index (χ0n) is 7.70. The second kappa shape index (κ2) is 3.46. The van der Waals surface area contributed by atoms with E-state index in [4.69, 9.17) is 11.1 Å². The molecule has 0 spiro atoms. The first-order valence-electron chi connectivity index (χ1n) is 4.43. The number of hydrogen-bond acceptors (Lipinski definition) is 2.